The van der Waals surface area contributed by atoms with Crippen LogP contribution in [0.3, 0.4) is 0 Å². The predicted octanol–water partition coefficient (Wildman–Crippen LogP) is 2.95. The van der Waals surface area contributed by atoms with Gasteiger partial charge in [0.15, 0.2) is 0 Å². The van der Waals surface area contributed by atoms with Gasteiger partial charge in [-0.2, -0.15) is 0 Å². The molecule has 0 aliphatic heterocycles. The molecule has 2 amide bonds. The molecule has 2 aromatic carbocycles. The van der Waals surface area contributed by atoms with Crippen molar-refractivity contribution in [1.29, 1.82) is 0 Å². The van der Waals surface area contributed by atoms with Crippen molar-refractivity contribution < 1.29 is 34.0 Å². The molecule has 2 aromatic rings. The van der Waals surface area contributed by atoms with E-state index in [4.69, 9.17) is 14.2 Å². The molecule has 1 aliphatic carbocycles. The second-order valence-corrected chi connectivity index (χ2v) is 10.7. The number of carbonyl (C=O) groups excluding carboxylic acids is 2. The van der Waals surface area contributed by atoms with Gasteiger partial charge in [-0.05, 0) is 71.0 Å². The first-order chi connectivity index (χ1) is 18.7. The van der Waals surface area contributed by atoms with Gasteiger partial charge in [0.1, 0.15) is 29.5 Å². The maximum atomic E-state index is 13.5. The standard InChI is InChI=1S/C29H37IN2O7/c1-18(2)29(36)32(13-11-19-15-21(37-3)9-10-24(19)38-4)23-16-20(28(35)31-12-14-33)17-26(27(23)34)39-25-8-6-5-7-22(25)30/h5-10,15,17-18,23,26-27,33-34H,11-14,16H2,1-4H3,(H,31,35). The molecule has 0 bridgehead atoms. The van der Waals surface area contributed by atoms with Crippen LogP contribution in [0.1, 0.15) is 25.8 Å². The van der Waals surface area contributed by atoms with E-state index in [1.807, 2.05) is 44.2 Å². The zero-order chi connectivity index (χ0) is 28.5. The molecule has 0 saturated heterocycles. The summed E-state index contributed by atoms with van der Waals surface area (Å²) in [6.07, 6.45) is 0.228. The van der Waals surface area contributed by atoms with Gasteiger partial charge in [-0.15, -0.1) is 0 Å². The fraction of sp³-hybridized carbons (Fsp3) is 0.448. The van der Waals surface area contributed by atoms with Crippen LogP contribution in [0.25, 0.3) is 0 Å². The third-order valence-electron chi connectivity index (χ3n) is 6.60. The minimum absolute atomic E-state index is 0.0930. The SMILES string of the molecule is COc1ccc(OC)c(CCN(C(=O)C(C)C)C2CC(C(=O)NCCO)=CC(Oc3ccccc3I)C2O)c1. The maximum Gasteiger partial charge on any atom is 0.247 e. The topological polar surface area (TPSA) is 118 Å². The minimum Gasteiger partial charge on any atom is -0.497 e. The van der Waals surface area contributed by atoms with Gasteiger partial charge >= 0.3 is 0 Å². The molecular formula is C29H37IN2O7. The number of para-hydroxylation sites is 1. The van der Waals surface area contributed by atoms with Crippen molar-refractivity contribution >= 4 is 34.4 Å². The summed E-state index contributed by atoms with van der Waals surface area (Å²) < 4.78 is 17.9. The molecule has 39 heavy (non-hydrogen) atoms. The van der Waals surface area contributed by atoms with Crippen molar-refractivity contribution in [3.63, 3.8) is 0 Å². The molecule has 0 spiro atoms. The van der Waals surface area contributed by atoms with Crippen LogP contribution < -0.4 is 19.5 Å². The first kappa shape index (κ1) is 30.7. The molecule has 3 N–H and O–H groups in total. The van der Waals surface area contributed by atoms with Crippen LogP contribution >= 0.6 is 22.6 Å². The van der Waals surface area contributed by atoms with Crippen molar-refractivity contribution in [1.82, 2.24) is 10.2 Å². The third-order valence-corrected chi connectivity index (χ3v) is 7.49. The molecule has 0 heterocycles. The van der Waals surface area contributed by atoms with Gasteiger partial charge < -0.3 is 34.6 Å². The summed E-state index contributed by atoms with van der Waals surface area (Å²) >= 11 is 2.15. The van der Waals surface area contributed by atoms with Gasteiger partial charge in [-0.25, -0.2) is 0 Å². The molecule has 3 unspecified atom stereocenters. The molecule has 1 aliphatic rings. The highest BCUT2D eigenvalue weighted by Crippen LogP contribution is 2.31. The second-order valence-electron chi connectivity index (χ2n) is 9.56. The maximum absolute atomic E-state index is 13.5. The average molecular weight is 653 g/mol. The highest BCUT2D eigenvalue weighted by atomic mass is 127. The minimum atomic E-state index is -1.09. The summed E-state index contributed by atoms with van der Waals surface area (Å²) in [5, 5.41) is 23.4. The fourth-order valence-electron chi connectivity index (χ4n) is 4.56. The fourth-order valence-corrected chi connectivity index (χ4v) is 5.07. The monoisotopic (exact) mass is 652 g/mol. The lowest BCUT2D eigenvalue weighted by Crippen LogP contribution is -2.56. The van der Waals surface area contributed by atoms with Crippen LogP contribution in [-0.4, -0.2) is 79.1 Å². The number of aliphatic hydroxyl groups is 2. The molecule has 10 heteroatoms. The van der Waals surface area contributed by atoms with E-state index in [0.29, 0.717) is 29.2 Å². The first-order valence-corrected chi connectivity index (χ1v) is 14.0. The number of halogens is 1. The zero-order valence-corrected chi connectivity index (χ0v) is 24.9. The highest BCUT2D eigenvalue weighted by Gasteiger charge is 2.41. The highest BCUT2D eigenvalue weighted by molar-refractivity contribution is 14.1. The van der Waals surface area contributed by atoms with E-state index >= 15 is 0 Å². The summed E-state index contributed by atoms with van der Waals surface area (Å²) in [5.41, 5.74) is 1.24. The van der Waals surface area contributed by atoms with Crippen LogP contribution in [0.5, 0.6) is 17.2 Å². The van der Waals surface area contributed by atoms with E-state index < -0.39 is 18.2 Å². The van der Waals surface area contributed by atoms with E-state index in [2.05, 4.69) is 27.9 Å². The number of rotatable bonds is 12. The van der Waals surface area contributed by atoms with Crippen LogP contribution in [0.4, 0.5) is 0 Å². The largest absolute Gasteiger partial charge is 0.497 e. The Kier molecular flexibility index (Phi) is 11.4. The van der Waals surface area contributed by atoms with Gasteiger partial charge in [0.25, 0.3) is 0 Å². The Balaban J connectivity index is 1.96. The summed E-state index contributed by atoms with van der Waals surface area (Å²) in [4.78, 5) is 28.1. The van der Waals surface area contributed by atoms with Gasteiger partial charge in [-0.3, -0.25) is 9.59 Å². The van der Waals surface area contributed by atoms with E-state index in [0.717, 1.165) is 9.13 Å². The third kappa shape index (κ3) is 7.86. The predicted molar refractivity (Wildman–Crippen MR) is 156 cm³/mol. The van der Waals surface area contributed by atoms with Gasteiger partial charge in [-0.1, -0.05) is 26.0 Å². The van der Waals surface area contributed by atoms with Crippen molar-refractivity contribution in [2.75, 3.05) is 33.9 Å². The number of hydrogen-bond donors (Lipinski definition) is 3. The van der Waals surface area contributed by atoms with Crippen LogP contribution in [-0.2, 0) is 16.0 Å². The number of nitrogens with zero attached hydrogens (tertiary/aromatic N) is 1. The smallest absolute Gasteiger partial charge is 0.247 e. The Morgan fingerprint density at radius 1 is 1.13 bits per heavy atom. The summed E-state index contributed by atoms with van der Waals surface area (Å²) in [6.45, 7) is 3.79. The Morgan fingerprint density at radius 2 is 1.87 bits per heavy atom. The first-order valence-electron chi connectivity index (χ1n) is 12.9. The molecule has 212 valence electrons. The molecule has 3 rings (SSSR count). The van der Waals surface area contributed by atoms with Crippen molar-refractivity contribution in [3.05, 3.63) is 63.2 Å². The van der Waals surface area contributed by atoms with Crippen molar-refractivity contribution in [3.8, 4) is 17.2 Å². The quantitative estimate of drug-likeness (QED) is 0.302. The second kappa shape index (κ2) is 14.5. The number of nitrogens with one attached hydrogen (secondary N) is 1. The Hall–Kier alpha value is -2.83. The van der Waals surface area contributed by atoms with Gasteiger partial charge in [0.05, 0.1) is 30.4 Å². The van der Waals surface area contributed by atoms with Crippen LogP contribution in [0.2, 0.25) is 0 Å². The summed E-state index contributed by atoms with van der Waals surface area (Å²) in [5.74, 6) is 1.05. The Bertz CT molecular complexity index is 1170. The zero-order valence-electron chi connectivity index (χ0n) is 22.7. The number of methoxy groups -OCH3 is 2. The lowest BCUT2D eigenvalue weighted by molar-refractivity contribution is -0.141. The van der Waals surface area contributed by atoms with Gasteiger partial charge in [0.2, 0.25) is 11.8 Å². The number of hydrogen-bond acceptors (Lipinski definition) is 7. The van der Waals surface area contributed by atoms with Crippen molar-refractivity contribution in [2.45, 2.75) is 44.9 Å². The molecule has 0 radical (unpaired) electrons. The molecule has 0 aromatic heterocycles. The normalized spacial score (nSPS) is 18.8. The van der Waals surface area contributed by atoms with E-state index in [1.165, 1.54) is 0 Å². The summed E-state index contributed by atoms with van der Waals surface area (Å²) in [6, 6.07) is 12.2. The molecular weight excluding hydrogens is 615 g/mol. The molecule has 0 saturated carbocycles. The number of ether oxygens (including phenoxy) is 3. The number of carbonyl (C=O) groups is 2. The lowest BCUT2D eigenvalue weighted by Gasteiger charge is -2.41. The van der Waals surface area contributed by atoms with Crippen LogP contribution in [0, 0.1) is 9.49 Å². The van der Waals surface area contributed by atoms with Crippen LogP contribution in [0.15, 0.2) is 54.1 Å². The van der Waals surface area contributed by atoms with E-state index in [-0.39, 0.29) is 43.8 Å². The number of benzene rings is 2. The molecule has 3 atom stereocenters. The Morgan fingerprint density at radius 3 is 2.51 bits per heavy atom. The molecule has 9 nitrogen and oxygen atoms in total. The van der Waals surface area contributed by atoms with Gasteiger partial charge in [0, 0.05) is 31.0 Å². The van der Waals surface area contributed by atoms with E-state index in [9.17, 15) is 19.8 Å². The summed E-state index contributed by atoms with van der Waals surface area (Å²) in [7, 11) is 3.17. The molecule has 0 fully saturated rings. The van der Waals surface area contributed by atoms with Crippen molar-refractivity contribution in [2.24, 2.45) is 5.92 Å². The number of aliphatic hydroxyl groups excluding tert-OH is 2. The van der Waals surface area contributed by atoms with E-state index in [1.54, 1.807) is 37.3 Å². The Labute approximate surface area is 243 Å². The average Bonchev–Trinajstić information content (AvgIpc) is 2.94. The number of amides is 2. The lowest BCUT2D eigenvalue weighted by atomic mass is 9.87.